The van der Waals surface area contributed by atoms with E-state index in [1.165, 1.54) is 0 Å². The first-order chi connectivity index (χ1) is 15.1. The number of hydrogen-bond acceptors (Lipinski definition) is 5. The predicted molar refractivity (Wildman–Crippen MR) is 120 cm³/mol. The molecule has 0 radical (unpaired) electrons. The van der Waals surface area contributed by atoms with E-state index in [1.54, 1.807) is 0 Å². The van der Waals surface area contributed by atoms with Gasteiger partial charge in [0.15, 0.2) is 11.5 Å². The molecular weight excluding hydrogens is 390 g/mol. The van der Waals surface area contributed by atoms with Gasteiger partial charge in [-0.3, -0.25) is 15.0 Å². The summed E-state index contributed by atoms with van der Waals surface area (Å²) in [7, 11) is 0. The smallest absolute Gasteiger partial charge is 0.274 e. The van der Waals surface area contributed by atoms with Crippen molar-refractivity contribution in [2.75, 3.05) is 18.4 Å². The Morgan fingerprint density at radius 1 is 1.03 bits per heavy atom. The van der Waals surface area contributed by atoms with Gasteiger partial charge in [-0.05, 0) is 51.0 Å². The number of aromatic nitrogens is 5. The van der Waals surface area contributed by atoms with Crippen molar-refractivity contribution in [3.8, 4) is 0 Å². The standard InChI is InChI=1S/C23H25N7O/c1-14-6-7-19-17(12-14)22(29-27-19)23(31)30-10-8-16(9-11-30)18-4-3-5-20(24-18)25-21-13-15(2)26-28-21/h3-7,12-13,16H,8-11H2,1-2H3,(H,27,29)(H2,24,25,26,28). The largest absolute Gasteiger partial charge is 0.337 e. The molecular formula is C23H25N7O. The number of H-pyrrole nitrogens is 2. The topological polar surface area (TPSA) is 103 Å². The van der Waals surface area contributed by atoms with E-state index < -0.39 is 0 Å². The molecule has 8 heteroatoms. The zero-order chi connectivity index (χ0) is 21.4. The van der Waals surface area contributed by atoms with E-state index in [1.807, 2.05) is 55.1 Å². The van der Waals surface area contributed by atoms with E-state index in [0.717, 1.165) is 52.3 Å². The fraction of sp³-hybridized carbons (Fsp3) is 0.304. The molecule has 1 saturated heterocycles. The molecule has 0 spiro atoms. The van der Waals surface area contributed by atoms with Crippen molar-refractivity contribution in [1.82, 2.24) is 30.3 Å². The van der Waals surface area contributed by atoms with Crippen molar-refractivity contribution < 1.29 is 4.79 Å². The van der Waals surface area contributed by atoms with Crippen LogP contribution in [0.15, 0.2) is 42.5 Å². The van der Waals surface area contributed by atoms with Crippen LogP contribution in [0.5, 0.6) is 0 Å². The second-order valence-electron chi connectivity index (χ2n) is 8.20. The first kappa shape index (κ1) is 19.3. The summed E-state index contributed by atoms with van der Waals surface area (Å²) in [5.74, 6) is 1.85. The molecule has 0 atom stereocenters. The highest BCUT2D eigenvalue weighted by molar-refractivity contribution is 6.04. The highest BCUT2D eigenvalue weighted by Crippen LogP contribution is 2.29. The summed E-state index contributed by atoms with van der Waals surface area (Å²) < 4.78 is 0. The maximum Gasteiger partial charge on any atom is 0.274 e. The first-order valence-corrected chi connectivity index (χ1v) is 10.6. The third-order valence-corrected chi connectivity index (χ3v) is 5.85. The minimum absolute atomic E-state index is 0.00687. The van der Waals surface area contributed by atoms with Crippen LogP contribution in [0.1, 0.15) is 46.2 Å². The summed E-state index contributed by atoms with van der Waals surface area (Å²) in [5.41, 5.74) is 4.56. The fourth-order valence-corrected chi connectivity index (χ4v) is 4.18. The summed E-state index contributed by atoms with van der Waals surface area (Å²) in [5, 5.41) is 18.5. The molecule has 31 heavy (non-hydrogen) atoms. The number of piperidine rings is 1. The Hall–Kier alpha value is -3.68. The number of hydrogen-bond donors (Lipinski definition) is 3. The molecule has 0 aliphatic carbocycles. The Balaban J connectivity index is 1.26. The van der Waals surface area contributed by atoms with Crippen LogP contribution >= 0.6 is 0 Å². The third kappa shape index (κ3) is 3.88. The summed E-state index contributed by atoms with van der Waals surface area (Å²) in [6.07, 6.45) is 1.76. The van der Waals surface area contributed by atoms with Crippen LogP contribution in [0.2, 0.25) is 0 Å². The number of aryl methyl sites for hydroxylation is 2. The number of pyridine rings is 1. The van der Waals surface area contributed by atoms with Gasteiger partial charge in [0, 0.05) is 41.8 Å². The number of likely N-dealkylation sites (tertiary alicyclic amines) is 1. The average molecular weight is 416 g/mol. The normalized spacial score (nSPS) is 14.8. The number of benzene rings is 1. The summed E-state index contributed by atoms with van der Waals surface area (Å²) in [6.45, 7) is 5.38. The zero-order valence-electron chi connectivity index (χ0n) is 17.6. The number of anilines is 2. The molecule has 3 N–H and O–H groups in total. The Morgan fingerprint density at radius 3 is 2.65 bits per heavy atom. The van der Waals surface area contributed by atoms with E-state index in [4.69, 9.17) is 4.98 Å². The van der Waals surface area contributed by atoms with E-state index in [2.05, 4.69) is 31.8 Å². The maximum absolute atomic E-state index is 13.1. The van der Waals surface area contributed by atoms with Crippen molar-refractivity contribution in [2.45, 2.75) is 32.6 Å². The molecule has 0 bridgehead atoms. The van der Waals surface area contributed by atoms with Gasteiger partial charge < -0.3 is 10.2 Å². The van der Waals surface area contributed by atoms with Gasteiger partial charge in [-0.25, -0.2) is 4.98 Å². The molecule has 1 aromatic carbocycles. The molecule has 1 amide bonds. The van der Waals surface area contributed by atoms with Gasteiger partial charge in [-0.2, -0.15) is 10.2 Å². The lowest BCUT2D eigenvalue weighted by Crippen LogP contribution is -2.38. The van der Waals surface area contributed by atoms with Crippen LogP contribution in [0, 0.1) is 13.8 Å². The number of aromatic amines is 2. The molecule has 5 rings (SSSR count). The lowest BCUT2D eigenvalue weighted by Gasteiger charge is -2.31. The van der Waals surface area contributed by atoms with Crippen molar-refractivity contribution in [3.63, 3.8) is 0 Å². The molecule has 0 saturated carbocycles. The van der Waals surface area contributed by atoms with Crippen LogP contribution in [0.3, 0.4) is 0 Å². The number of carbonyl (C=O) groups is 1. The Morgan fingerprint density at radius 2 is 1.87 bits per heavy atom. The van der Waals surface area contributed by atoms with E-state index in [0.29, 0.717) is 24.7 Å². The maximum atomic E-state index is 13.1. The van der Waals surface area contributed by atoms with Crippen molar-refractivity contribution in [1.29, 1.82) is 0 Å². The van der Waals surface area contributed by atoms with Crippen molar-refractivity contribution in [3.05, 3.63) is 65.1 Å². The summed E-state index contributed by atoms with van der Waals surface area (Å²) in [6, 6.07) is 14.0. The van der Waals surface area contributed by atoms with Crippen LogP contribution < -0.4 is 5.32 Å². The van der Waals surface area contributed by atoms with Gasteiger partial charge in [0.2, 0.25) is 0 Å². The zero-order valence-corrected chi connectivity index (χ0v) is 17.6. The fourth-order valence-electron chi connectivity index (χ4n) is 4.18. The van der Waals surface area contributed by atoms with Gasteiger partial charge >= 0.3 is 0 Å². The van der Waals surface area contributed by atoms with Crippen LogP contribution in [0.4, 0.5) is 11.6 Å². The summed E-state index contributed by atoms with van der Waals surface area (Å²) >= 11 is 0. The monoisotopic (exact) mass is 415 g/mol. The Labute approximate surface area is 180 Å². The number of amides is 1. The second-order valence-corrected chi connectivity index (χ2v) is 8.20. The van der Waals surface area contributed by atoms with Crippen molar-refractivity contribution in [2.24, 2.45) is 0 Å². The van der Waals surface area contributed by atoms with Gasteiger partial charge in [-0.15, -0.1) is 0 Å². The SMILES string of the molecule is Cc1ccc2[nH]nc(C(=O)N3CCC(c4cccc(Nc5cc(C)[nH]n5)n4)CC3)c2c1. The van der Waals surface area contributed by atoms with Gasteiger partial charge in [0.05, 0.1) is 5.52 Å². The Kier molecular flexibility index (Phi) is 4.89. The highest BCUT2D eigenvalue weighted by Gasteiger charge is 2.27. The molecule has 4 aromatic rings. The van der Waals surface area contributed by atoms with Crippen LogP contribution in [-0.4, -0.2) is 49.3 Å². The molecule has 0 unspecified atom stereocenters. The van der Waals surface area contributed by atoms with Gasteiger partial charge in [0.25, 0.3) is 5.91 Å². The molecule has 3 aromatic heterocycles. The quantitative estimate of drug-likeness (QED) is 0.466. The number of nitrogens with zero attached hydrogens (tertiary/aromatic N) is 4. The number of fused-ring (bicyclic) bond motifs is 1. The Bertz CT molecular complexity index is 1230. The van der Waals surface area contributed by atoms with E-state index >= 15 is 0 Å². The molecule has 4 heterocycles. The van der Waals surface area contributed by atoms with E-state index in [-0.39, 0.29) is 5.91 Å². The average Bonchev–Trinajstić information content (AvgIpc) is 3.39. The van der Waals surface area contributed by atoms with Gasteiger partial charge in [-0.1, -0.05) is 17.7 Å². The van der Waals surface area contributed by atoms with Gasteiger partial charge in [0.1, 0.15) is 5.82 Å². The molecule has 158 valence electrons. The lowest BCUT2D eigenvalue weighted by molar-refractivity contribution is 0.0708. The minimum Gasteiger partial charge on any atom is -0.337 e. The predicted octanol–water partition coefficient (Wildman–Crippen LogP) is 4.06. The van der Waals surface area contributed by atoms with Crippen LogP contribution in [0.25, 0.3) is 10.9 Å². The lowest BCUT2D eigenvalue weighted by atomic mass is 9.92. The van der Waals surface area contributed by atoms with Crippen molar-refractivity contribution >= 4 is 28.4 Å². The number of rotatable bonds is 4. The highest BCUT2D eigenvalue weighted by atomic mass is 16.2. The molecule has 1 fully saturated rings. The minimum atomic E-state index is -0.00687. The number of carbonyl (C=O) groups excluding carboxylic acids is 1. The molecule has 1 aliphatic heterocycles. The second kappa shape index (κ2) is 7.86. The first-order valence-electron chi connectivity index (χ1n) is 10.6. The van der Waals surface area contributed by atoms with E-state index in [9.17, 15) is 4.79 Å². The van der Waals surface area contributed by atoms with Crippen LogP contribution in [-0.2, 0) is 0 Å². The molecule has 1 aliphatic rings. The third-order valence-electron chi connectivity index (χ3n) is 5.85. The number of nitrogens with one attached hydrogen (secondary N) is 3. The summed E-state index contributed by atoms with van der Waals surface area (Å²) in [4.78, 5) is 19.8. The molecule has 8 nitrogen and oxygen atoms in total.